The molecule has 2 aromatic heterocycles. The predicted molar refractivity (Wildman–Crippen MR) is 140 cm³/mol. The van der Waals surface area contributed by atoms with Gasteiger partial charge in [0.15, 0.2) is 17.3 Å². The van der Waals surface area contributed by atoms with Crippen LogP contribution >= 0.6 is 0 Å². The summed E-state index contributed by atoms with van der Waals surface area (Å²) in [5, 5.41) is 13.5. The Morgan fingerprint density at radius 3 is 2.62 bits per heavy atom. The molecule has 3 aliphatic rings. The molecule has 0 radical (unpaired) electrons. The molecule has 0 spiro atoms. The first-order valence-electron chi connectivity index (χ1n) is 13.2. The van der Waals surface area contributed by atoms with E-state index < -0.39 is 6.04 Å². The lowest BCUT2D eigenvalue weighted by molar-refractivity contribution is 0.0906. The Hall–Kier alpha value is -4.03. The number of fused-ring (bicyclic) bond motifs is 2. The summed E-state index contributed by atoms with van der Waals surface area (Å²) in [6.07, 6.45) is 2.00. The monoisotopic (exact) mass is 533 g/mol. The standard InChI is InChI=1S/C27H28FN7O4/c28-18-3-5-19(6-4-18)33-7-9-34(10-8-33)25(26-30-31-32-35(26)15-20-2-1-11-37-20)21-12-17-13-23-24(39-16-38-23)14-22(17)29-27(21)36/h3-6,12-14,20,25H,1-2,7-11,15-16H2,(H,29,36)/t20-,25+/m1/s1. The number of anilines is 1. The summed E-state index contributed by atoms with van der Waals surface area (Å²) < 4.78 is 32.2. The molecule has 202 valence electrons. The largest absolute Gasteiger partial charge is 0.454 e. The second-order valence-electron chi connectivity index (χ2n) is 10.1. The maximum absolute atomic E-state index is 13.6. The van der Waals surface area contributed by atoms with Crippen molar-refractivity contribution in [2.24, 2.45) is 0 Å². The van der Waals surface area contributed by atoms with Gasteiger partial charge in [-0.1, -0.05) is 0 Å². The number of pyridine rings is 1. The molecule has 0 bridgehead atoms. The molecule has 0 unspecified atom stereocenters. The van der Waals surface area contributed by atoms with Gasteiger partial charge in [-0.25, -0.2) is 9.07 Å². The summed E-state index contributed by atoms with van der Waals surface area (Å²) in [5.41, 5.74) is 1.99. The summed E-state index contributed by atoms with van der Waals surface area (Å²) in [6.45, 7) is 4.15. The average molecular weight is 534 g/mol. The van der Waals surface area contributed by atoms with Gasteiger partial charge in [0.2, 0.25) is 6.79 Å². The molecule has 1 N–H and O–H groups in total. The highest BCUT2D eigenvalue weighted by Crippen LogP contribution is 2.36. The van der Waals surface area contributed by atoms with Crippen molar-refractivity contribution in [3.63, 3.8) is 0 Å². The molecule has 2 fully saturated rings. The third-order valence-corrected chi connectivity index (χ3v) is 7.74. The van der Waals surface area contributed by atoms with E-state index in [4.69, 9.17) is 14.2 Å². The van der Waals surface area contributed by atoms with Crippen LogP contribution in [0.2, 0.25) is 0 Å². The molecule has 7 rings (SSSR count). The van der Waals surface area contributed by atoms with E-state index in [1.807, 2.05) is 12.1 Å². The fraction of sp³-hybridized carbons (Fsp3) is 0.407. The van der Waals surface area contributed by atoms with Gasteiger partial charge in [-0.15, -0.1) is 5.10 Å². The highest BCUT2D eigenvalue weighted by Gasteiger charge is 2.34. The minimum absolute atomic E-state index is 0.0397. The van der Waals surface area contributed by atoms with Crippen LogP contribution in [-0.4, -0.2) is 75.8 Å². The smallest absolute Gasteiger partial charge is 0.253 e. The van der Waals surface area contributed by atoms with Crippen molar-refractivity contribution >= 4 is 16.6 Å². The lowest BCUT2D eigenvalue weighted by atomic mass is 10.0. The fourth-order valence-corrected chi connectivity index (χ4v) is 5.72. The highest BCUT2D eigenvalue weighted by atomic mass is 19.1. The molecule has 2 aromatic carbocycles. The first kappa shape index (κ1) is 24.0. The SMILES string of the molecule is O=c1[nH]c2cc3c(cc2cc1[C@@H](c1nnnn1C[C@H]1CCCO1)N1CCN(c2ccc(F)cc2)CC1)OCO3. The van der Waals surface area contributed by atoms with E-state index in [0.29, 0.717) is 61.1 Å². The molecule has 0 saturated carbocycles. The van der Waals surface area contributed by atoms with Gasteiger partial charge in [-0.3, -0.25) is 9.69 Å². The Morgan fingerprint density at radius 1 is 1.05 bits per heavy atom. The zero-order valence-electron chi connectivity index (χ0n) is 21.3. The maximum Gasteiger partial charge on any atom is 0.253 e. The molecule has 5 heterocycles. The van der Waals surface area contributed by atoms with Crippen molar-refractivity contribution in [1.29, 1.82) is 0 Å². The lowest BCUT2D eigenvalue weighted by Gasteiger charge is -2.39. The van der Waals surface area contributed by atoms with Crippen molar-refractivity contribution in [2.75, 3.05) is 44.5 Å². The van der Waals surface area contributed by atoms with Gasteiger partial charge in [-0.2, -0.15) is 0 Å². The van der Waals surface area contributed by atoms with Crippen LogP contribution in [0.15, 0.2) is 47.3 Å². The van der Waals surface area contributed by atoms with Gasteiger partial charge >= 0.3 is 0 Å². The minimum Gasteiger partial charge on any atom is -0.454 e. The number of hydrogen-bond acceptors (Lipinski definition) is 9. The minimum atomic E-state index is -0.477. The molecule has 39 heavy (non-hydrogen) atoms. The van der Waals surface area contributed by atoms with E-state index in [9.17, 15) is 9.18 Å². The number of benzene rings is 2. The van der Waals surface area contributed by atoms with Crippen LogP contribution in [0.3, 0.4) is 0 Å². The first-order valence-corrected chi connectivity index (χ1v) is 13.2. The number of hydrogen-bond donors (Lipinski definition) is 1. The third kappa shape index (κ3) is 4.59. The number of nitrogens with zero attached hydrogens (tertiary/aromatic N) is 6. The van der Waals surface area contributed by atoms with E-state index in [1.54, 1.807) is 22.9 Å². The first-order chi connectivity index (χ1) is 19.1. The van der Waals surface area contributed by atoms with Gasteiger partial charge in [0.1, 0.15) is 11.9 Å². The maximum atomic E-state index is 13.6. The van der Waals surface area contributed by atoms with Crippen molar-refractivity contribution in [1.82, 2.24) is 30.1 Å². The molecule has 3 aliphatic heterocycles. The summed E-state index contributed by atoms with van der Waals surface area (Å²) in [5.74, 6) is 1.60. The Balaban J connectivity index is 1.25. The van der Waals surface area contributed by atoms with Crippen LogP contribution in [0.25, 0.3) is 10.9 Å². The lowest BCUT2D eigenvalue weighted by Crippen LogP contribution is -2.49. The van der Waals surface area contributed by atoms with Crippen LogP contribution < -0.4 is 19.9 Å². The van der Waals surface area contributed by atoms with E-state index in [-0.39, 0.29) is 24.3 Å². The number of aromatic amines is 1. The van der Waals surface area contributed by atoms with Crippen molar-refractivity contribution in [3.8, 4) is 11.5 Å². The normalized spacial score (nSPS) is 20.1. The zero-order valence-corrected chi connectivity index (χ0v) is 21.3. The Morgan fingerprint density at radius 2 is 1.85 bits per heavy atom. The van der Waals surface area contributed by atoms with E-state index in [1.165, 1.54) is 12.1 Å². The van der Waals surface area contributed by atoms with Crippen molar-refractivity contribution in [3.05, 3.63) is 70.0 Å². The van der Waals surface area contributed by atoms with Gasteiger partial charge in [0, 0.05) is 55.5 Å². The predicted octanol–water partition coefficient (Wildman–Crippen LogP) is 2.47. The summed E-state index contributed by atoms with van der Waals surface area (Å²) in [7, 11) is 0. The number of rotatable bonds is 6. The Labute approximate surface area is 223 Å². The summed E-state index contributed by atoms with van der Waals surface area (Å²) in [4.78, 5) is 21.1. The molecule has 2 atom stereocenters. The molecule has 12 heteroatoms. The van der Waals surface area contributed by atoms with Gasteiger partial charge < -0.3 is 24.1 Å². The Bertz CT molecular complexity index is 1540. The molecular formula is C27H28FN7O4. The topological polar surface area (TPSA) is 111 Å². The molecular weight excluding hydrogens is 505 g/mol. The molecule has 11 nitrogen and oxygen atoms in total. The van der Waals surface area contributed by atoms with E-state index >= 15 is 0 Å². The number of tetrazole rings is 1. The second kappa shape index (κ2) is 9.93. The Kier molecular flexibility index (Phi) is 6.12. The van der Waals surface area contributed by atoms with Gasteiger partial charge in [0.25, 0.3) is 5.56 Å². The second-order valence-corrected chi connectivity index (χ2v) is 10.1. The number of ether oxygens (including phenoxy) is 3. The number of nitrogens with one attached hydrogen (secondary N) is 1. The van der Waals surface area contributed by atoms with Crippen molar-refractivity contribution < 1.29 is 18.6 Å². The molecule has 0 amide bonds. The molecule has 2 saturated heterocycles. The fourth-order valence-electron chi connectivity index (χ4n) is 5.72. The third-order valence-electron chi connectivity index (χ3n) is 7.74. The van der Waals surface area contributed by atoms with Crippen LogP contribution in [0, 0.1) is 5.82 Å². The molecule has 4 aromatic rings. The zero-order chi connectivity index (χ0) is 26.3. The van der Waals surface area contributed by atoms with Gasteiger partial charge in [0.05, 0.1) is 18.2 Å². The van der Waals surface area contributed by atoms with E-state index in [2.05, 4.69) is 30.3 Å². The number of H-pyrrole nitrogens is 1. The van der Waals surface area contributed by atoms with Crippen LogP contribution in [0.4, 0.5) is 10.1 Å². The van der Waals surface area contributed by atoms with Crippen molar-refractivity contribution in [2.45, 2.75) is 31.5 Å². The number of halogens is 1. The quantitative estimate of drug-likeness (QED) is 0.400. The average Bonchev–Trinajstić information content (AvgIpc) is 3.72. The van der Waals surface area contributed by atoms with Crippen LogP contribution in [0.5, 0.6) is 11.5 Å². The van der Waals surface area contributed by atoms with E-state index in [0.717, 1.165) is 30.5 Å². The van der Waals surface area contributed by atoms with Crippen LogP contribution in [-0.2, 0) is 11.3 Å². The number of piperazine rings is 1. The van der Waals surface area contributed by atoms with Gasteiger partial charge in [-0.05, 0) is 59.7 Å². The highest BCUT2D eigenvalue weighted by molar-refractivity contribution is 5.83. The molecule has 0 aliphatic carbocycles. The number of aromatic nitrogens is 5. The summed E-state index contributed by atoms with van der Waals surface area (Å²) in [6, 6.07) is 11.6. The summed E-state index contributed by atoms with van der Waals surface area (Å²) >= 11 is 0. The van der Waals surface area contributed by atoms with Crippen LogP contribution in [0.1, 0.15) is 30.3 Å².